The van der Waals surface area contributed by atoms with Gasteiger partial charge in [-0.1, -0.05) is 11.6 Å². The molecule has 0 spiro atoms. The highest BCUT2D eigenvalue weighted by Gasteiger charge is 2.24. The molecule has 2 aromatic rings. The lowest BCUT2D eigenvalue weighted by Gasteiger charge is -2.23. The van der Waals surface area contributed by atoms with E-state index in [-0.39, 0.29) is 21.4 Å². The van der Waals surface area contributed by atoms with E-state index in [0.717, 1.165) is 4.31 Å². The summed E-state index contributed by atoms with van der Waals surface area (Å²) >= 11 is 6.15. The Morgan fingerprint density at radius 2 is 1.70 bits per heavy atom. The zero-order valence-corrected chi connectivity index (χ0v) is 17.5. The molecule has 0 heterocycles. The van der Waals surface area contributed by atoms with Crippen LogP contribution < -0.4 is 14.4 Å². The average molecular weight is 411 g/mol. The Morgan fingerprint density at radius 3 is 2.22 bits per heavy atom. The lowest BCUT2D eigenvalue weighted by Crippen LogP contribution is -2.40. The summed E-state index contributed by atoms with van der Waals surface area (Å²) in [6.07, 6.45) is 0. The van der Waals surface area contributed by atoms with Crippen molar-refractivity contribution in [3.8, 4) is 5.75 Å². The fourth-order valence-electron chi connectivity index (χ4n) is 2.34. The van der Waals surface area contributed by atoms with Crippen LogP contribution in [-0.2, 0) is 10.0 Å². The molecule has 8 heteroatoms. The van der Waals surface area contributed by atoms with Crippen molar-refractivity contribution >= 4 is 33.2 Å². The first kappa shape index (κ1) is 21.1. The third kappa shape index (κ3) is 4.93. The van der Waals surface area contributed by atoms with Crippen molar-refractivity contribution in [1.29, 1.82) is 0 Å². The Morgan fingerprint density at radius 1 is 1.11 bits per heavy atom. The van der Waals surface area contributed by atoms with Crippen molar-refractivity contribution in [1.82, 2.24) is 5.32 Å². The fraction of sp³-hybridized carbons (Fsp3) is 0.316. The first-order valence-electron chi connectivity index (χ1n) is 8.21. The number of halogens is 1. The molecule has 0 saturated heterocycles. The van der Waals surface area contributed by atoms with E-state index >= 15 is 0 Å². The van der Waals surface area contributed by atoms with E-state index in [9.17, 15) is 13.2 Å². The molecular formula is C19H23ClN2O4S. The number of rotatable bonds is 5. The van der Waals surface area contributed by atoms with Crippen LogP contribution in [-0.4, -0.2) is 34.0 Å². The monoisotopic (exact) mass is 410 g/mol. The summed E-state index contributed by atoms with van der Waals surface area (Å²) in [6.45, 7) is 5.55. The number of nitrogens with zero attached hydrogens (tertiary/aromatic N) is 1. The number of carbonyl (C=O) groups excluding carboxylic acids is 1. The highest BCUT2D eigenvalue weighted by molar-refractivity contribution is 7.92. The van der Waals surface area contributed by atoms with Crippen LogP contribution in [0.3, 0.4) is 0 Å². The minimum atomic E-state index is -3.80. The third-order valence-corrected chi connectivity index (χ3v) is 5.89. The van der Waals surface area contributed by atoms with Gasteiger partial charge in [-0.2, -0.15) is 0 Å². The average Bonchev–Trinajstić information content (AvgIpc) is 2.60. The SMILES string of the molecule is COc1ccc(S(=O)(=O)N(C)c2ccc(Cl)c(C(=O)NC(C)(C)C)c2)cc1. The number of hydrogen-bond acceptors (Lipinski definition) is 4. The Kier molecular flexibility index (Phi) is 6.07. The molecule has 0 saturated carbocycles. The molecule has 1 amide bonds. The largest absolute Gasteiger partial charge is 0.497 e. The summed E-state index contributed by atoms with van der Waals surface area (Å²) < 4.78 is 31.9. The van der Waals surface area contributed by atoms with E-state index in [1.807, 2.05) is 20.8 Å². The fourth-order valence-corrected chi connectivity index (χ4v) is 3.73. The third-order valence-electron chi connectivity index (χ3n) is 3.76. The van der Waals surface area contributed by atoms with E-state index in [2.05, 4.69) is 5.32 Å². The number of amides is 1. The van der Waals surface area contributed by atoms with Crippen molar-refractivity contribution < 1.29 is 17.9 Å². The van der Waals surface area contributed by atoms with Crippen LogP contribution in [0.2, 0.25) is 5.02 Å². The van der Waals surface area contributed by atoms with Crippen LogP contribution in [0.15, 0.2) is 47.4 Å². The number of sulfonamides is 1. The zero-order chi connectivity index (χ0) is 20.4. The molecule has 0 atom stereocenters. The van der Waals surface area contributed by atoms with E-state index in [4.69, 9.17) is 16.3 Å². The molecule has 2 rings (SSSR count). The minimum absolute atomic E-state index is 0.112. The van der Waals surface area contributed by atoms with Gasteiger partial charge in [0.05, 0.1) is 28.3 Å². The van der Waals surface area contributed by atoms with Crippen LogP contribution in [0.25, 0.3) is 0 Å². The number of hydrogen-bond donors (Lipinski definition) is 1. The van der Waals surface area contributed by atoms with Gasteiger partial charge in [0.2, 0.25) is 0 Å². The highest BCUT2D eigenvalue weighted by Crippen LogP contribution is 2.27. The van der Waals surface area contributed by atoms with Crippen molar-refractivity contribution in [2.45, 2.75) is 31.2 Å². The van der Waals surface area contributed by atoms with Crippen LogP contribution in [0.1, 0.15) is 31.1 Å². The van der Waals surface area contributed by atoms with Crippen molar-refractivity contribution in [2.75, 3.05) is 18.5 Å². The minimum Gasteiger partial charge on any atom is -0.497 e. The number of nitrogens with one attached hydrogen (secondary N) is 1. The molecule has 0 aliphatic rings. The maximum atomic E-state index is 12.9. The number of ether oxygens (including phenoxy) is 1. The molecule has 0 aliphatic heterocycles. The molecule has 6 nitrogen and oxygen atoms in total. The van der Waals surface area contributed by atoms with Gasteiger partial charge < -0.3 is 10.1 Å². The second-order valence-electron chi connectivity index (χ2n) is 7.02. The quantitative estimate of drug-likeness (QED) is 0.815. The summed E-state index contributed by atoms with van der Waals surface area (Å²) in [7, 11) is -0.872. The summed E-state index contributed by atoms with van der Waals surface area (Å²) in [6, 6.07) is 10.6. The van der Waals surface area contributed by atoms with Gasteiger partial charge in [-0.3, -0.25) is 9.10 Å². The van der Waals surface area contributed by atoms with Gasteiger partial charge in [0.15, 0.2) is 0 Å². The Bertz CT molecular complexity index is 935. The molecule has 0 aliphatic carbocycles. The van der Waals surface area contributed by atoms with Gasteiger partial charge in [-0.15, -0.1) is 0 Å². The molecule has 146 valence electrons. The van der Waals surface area contributed by atoms with Gasteiger partial charge in [-0.05, 0) is 63.2 Å². The Balaban J connectivity index is 2.39. The molecule has 27 heavy (non-hydrogen) atoms. The molecule has 0 bridgehead atoms. The van der Waals surface area contributed by atoms with Crippen LogP contribution in [0, 0.1) is 0 Å². The molecule has 0 fully saturated rings. The van der Waals surface area contributed by atoms with Crippen molar-refractivity contribution in [2.24, 2.45) is 0 Å². The van der Waals surface area contributed by atoms with Gasteiger partial charge in [-0.25, -0.2) is 8.42 Å². The van der Waals surface area contributed by atoms with Gasteiger partial charge in [0.1, 0.15) is 5.75 Å². The topological polar surface area (TPSA) is 75.7 Å². The lowest BCUT2D eigenvalue weighted by molar-refractivity contribution is 0.0919. The Labute approximate surface area is 165 Å². The molecule has 0 aromatic heterocycles. The van der Waals surface area contributed by atoms with Gasteiger partial charge >= 0.3 is 0 Å². The van der Waals surface area contributed by atoms with Crippen LogP contribution in [0.4, 0.5) is 5.69 Å². The standard InChI is InChI=1S/C19H23ClN2O4S/c1-19(2,3)21-18(23)16-12-13(6-11-17(16)20)22(4)27(24,25)15-9-7-14(26-5)8-10-15/h6-12H,1-5H3,(H,21,23). The first-order chi connectivity index (χ1) is 12.5. The summed E-state index contributed by atoms with van der Waals surface area (Å²) in [5.74, 6) is 0.189. The van der Waals surface area contributed by atoms with Gasteiger partial charge in [0, 0.05) is 12.6 Å². The smallest absolute Gasteiger partial charge is 0.264 e. The number of carbonyl (C=O) groups is 1. The van der Waals surface area contributed by atoms with Gasteiger partial charge in [0.25, 0.3) is 15.9 Å². The van der Waals surface area contributed by atoms with E-state index in [1.165, 1.54) is 38.4 Å². The van der Waals surface area contributed by atoms with Crippen LogP contribution >= 0.6 is 11.6 Å². The predicted molar refractivity (Wildman–Crippen MR) is 107 cm³/mol. The zero-order valence-electron chi connectivity index (χ0n) is 15.9. The van der Waals surface area contributed by atoms with E-state index < -0.39 is 15.6 Å². The summed E-state index contributed by atoms with van der Waals surface area (Å²) in [5.41, 5.74) is 0.0902. The maximum Gasteiger partial charge on any atom is 0.264 e. The van der Waals surface area contributed by atoms with Crippen molar-refractivity contribution in [3.63, 3.8) is 0 Å². The summed E-state index contributed by atoms with van der Waals surface area (Å²) in [4.78, 5) is 12.6. The highest BCUT2D eigenvalue weighted by atomic mass is 35.5. The van der Waals surface area contributed by atoms with E-state index in [0.29, 0.717) is 11.4 Å². The van der Waals surface area contributed by atoms with E-state index in [1.54, 1.807) is 18.2 Å². The second-order valence-corrected chi connectivity index (χ2v) is 9.39. The number of benzene rings is 2. The molecule has 0 unspecified atom stereocenters. The molecule has 2 aromatic carbocycles. The number of anilines is 1. The first-order valence-corrected chi connectivity index (χ1v) is 10.0. The van der Waals surface area contributed by atoms with Crippen LogP contribution in [0.5, 0.6) is 5.75 Å². The second kappa shape index (κ2) is 7.78. The molecule has 0 radical (unpaired) electrons. The number of methoxy groups -OCH3 is 1. The normalized spacial score (nSPS) is 11.8. The lowest BCUT2D eigenvalue weighted by atomic mass is 10.1. The maximum absolute atomic E-state index is 12.9. The Hall–Kier alpha value is -2.25. The van der Waals surface area contributed by atoms with Crippen molar-refractivity contribution in [3.05, 3.63) is 53.1 Å². The molecular weight excluding hydrogens is 388 g/mol. The summed E-state index contributed by atoms with van der Waals surface area (Å²) in [5, 5.41) is 3.07. The predicted octanol–water partition coefficient (Wildman–Crippen LogP) is 3.70. The molecule has 1 N–H and O–H groups in total.